The van der Waals surface area contributed by atoms with E-state index in [9.17, 15) is 18.0 Å². The molecule has 1 aliphatic heterocycles. The van der Waals surface area contributed by atoms with E-state index < -0.39 is 27.9 Å². The zero-order valence-corrected chi connectivity index (χ0v) is 20.0. The Morgan fingerprint density at radius 1 is 1.06 bits per heavy atom. The van der Waals surface area contributed by atoms with Crippen LogP contribution in [-0.2, 0) is 26.2 Å². The van der Waals surface area contributed by atoms with Crippen LogP contribution in [0.1, 0.15) is 28.8 Å². The highest BCUT2D eigenvalue weighted by atomic mass is 32.2. The van der Waals surface area contributed by atoms with Crippen molar-refractivity contribution in [2.45, 2.75) is 44.7 Å². The zero-order chi connectivity index (χ0) is 24.5. The molecule has 0 fully saturated rings. The molecule has 0 saturated heterocycles. The van der Waals surface area contributed by atoms with Crippen LogP contribution in [0.4, 0.5) is 11.4 Å². The van der Waals surface area contributed by atoms with Gasteiger partial charge < -0.3 is 10.6 Å². The predicted octanol–water partition coefficient (Wildman–Crippen LogP) is 3.23. The number of hydrogen-bond donors (Lipinski definition) is 2. The van der Waals surface area contributed by atoms with Crippen LogP contribution in [0.5, 0.6) is 0 Å². The molecule has 34 heavy (non-hydrogen) atoms. The molecule has 0 bridgehead atoms. The molecule has 0 spiro atoms. The monoisotopic (exact) mass is 478 g/mol. The second-order valence-electron chi connectivity index (χ2n) is 8.35. The maximum absolute atomic E-state index is 14.0. The van der Waals surface area contributed by atoms with E-state index in [0.717, 1.165) is 9.87 Å². The molecule has 1 atom stereocenters. The molecule has 0 radical (unpaired) electrons. The van der Waals surface area contributed by atoms with Gasteiger partial charge in [0.15, 0.2) is 0 Å². The summed E-state index contributed by atoms with van der Waals surface area (Å²) in [5.41, 5.74) is 3.46. The molecule has 2 N–H and O–H groups in total. The average molecular weight is 479 g/mol. The number of anilines is 2. The molecule has 1 aromatic heterocycles. The minimum absolute atomic E-state index is 0.140. The van der Waals surface area contributed by atoms with Crippen molar-refractivity contribution in [1.82, 2.24) is 10.3 Å². The summed E-state index contributed by atoms with van der Waals surface area (Å²) in [5, 5.41) is 5.47. The third kappa shape index (κ3) is 4.51. The highest BCUT2D eigenvalue weighted by Crippen LogP contribution is 2.38. The van der Waals surface area contributed by atoms with Crippen molar-refractivity contribution < 1.29 is 18.0 Å². The number of rotatable bonds is 6. The lowest BCUT2D eigenvalue weighted by Gasteiger charge is -2.37. The Morgan fingerprint density at radius 2 is 1.74 bits per heavy atom. The van der Waals surface area contributed by atoms with Crippen LogP contribution in [-0.4, -0.2) is 31.3 Å². The fraction of sp³-hybridized carbons (Fsp3) is 0.240. The van der Waals surface area contributed by atoms with Gasteiger partial charge in [0.2, 0.25) is 11.8 Å². The van der Waals surface area contributed by atoms with E-state index >= 15 is 0 Å². The van der Waals surface area contributed by atoms with Crippen LogP contribution in [0.2, 0.25) is 0 Å². The van der Waals surface area contributed by atoms with Crippen molar-refractivity contribution in [3.05, 3.63) is 83.2 Å². The molecule has 2 amide bonds. The summed E-state index contributed by atoms with van der Waals surface area (Å²) in [6.07, 6.45) is 1.28. The molecule has 4 rings (SSSR count). The van der Waals surface area contributed by atoms with Crippen LogP contribution in [0.25, 0.3) is 0 Å². The Morgan fingerprint density at radius 3 is 2.41 bits per heavy atom. The Balaban J connectivity index is 1.72. The van der Waals surface area contributed by atoms with Crippen LogP contribution in [0.15, 0.2) is 65.7 Å². The lowest BCUT2D eigenvalue weighted by molar-refractivity contribution is -0.125. The topological polar surface area (TPSA) is 108 Å². The van der Waals surface area contributed by atoms with E-state index in [1.807, 2.05) is 6.92 Å². The third-order valence-electron chi connectivity index (χ3n) is 5.68. The van der Waals surface area contributed by atoms with Crippen molar-refractivity contribution in [2.24, 2.45) is 0 Å². The van der Waals surface area contributed by atoms with Gasteiger partial charge in [0.25, 0.3) is 10.0 Å². The summed E-state index contributed by atoms with van der Waals surface area (Å²) < 4.78 is 29.1. The predicted molar refractivity (Wildman–Crippen MR) is 130 cm³/mol. The third-order valence-corrected chi connectivity index (χ3v) is 7.81. The summed E-state index contributed by atoms with van der Waals surface area (Å²) in [6.45, 7) is 5.54. The number of fused-ring (bicyclic) bond motifs is 1. The summed E-state index contributed by atoms with van der Waals surface area (Å²) in [6, 6.07) is 14.4. The first-order valence-electron chi connectivity index (χ1n) is 10.9. The Bertz CT molecular complexity index is 1330. The van der Waals surface area contributed by atoms with E-state index in [1.165, 1.54) is 0 Å². The summed E-state index contributed by atoms with van der Waals surface area (Å²) in [7, 11) is -4.17. The first-order valence-corrected chi connectivity index (χ1v) is 12.3. The Hall–Kier alpha value is -3.72. The molecule has 2 aromatic carbocycles. The number of aryl methyl sites for hydroxylation is 3. The molecule has 2 heterocycles. The molecule has 9 heteroatoms. The summed E-state index contributed by atoms with van der Waals surface area (Å²) in [5.74, 6) is -1.01. The summed E-state index contributed by atoms with van der Waals surface area (Å²) in [4.78, 5) is 30.2. The number of carbonyl (C=O) groups is 2. The Labute approximate surface area is 199 Å². The van der Waals surface area contributed by atoms with Gasteiger partial charge >= 0.3 is 0 Å². The van der Waals surface area contributed by atoms with Crippen molar-refractivity contribution in [2.75, 3.05) is 9.62 Å². The number of nitrogens with zero attached hydrogens (tertiary/aromatic N) is 2. The number of hydrogen-bond acceptors (Lipinski definition) is 5. The van der Waals surface area contributed by atoms with Gasteiger partial charge in [-0.3, -0.25) is 18.9 Å². The van der Waals surface area contributed by atoms with Crippen LogP contribution in [0.3, 0.4) is 0 Å². The van der Waals surface area contributed by atoms with Gasteiger partial charge in [0, 0.05) is 6.20 Å². The van der Waals surface area contributed by atoms with Gasteiger partial charge in [-0.15, -0.1) is 0 Å². The number of nitrogens with one attached hydrogen (secondary N) is 2. The van der Waals surface area contributed by atoms with Gasteiger partial charge in [0.1, 0.15) is 6.04 Å². The fourth-order valence-electron chi connectivity index (χ4n) is 4.35. The normalized spacial score (nSPS) is 15.4. The number of para-hydroxylation sites is 2. The van der Waals surface area contributed by atoms with Crippen LogP contribution in [0, 0.1) is 20.8 Å². The standard InChI is InChI=1S/C25H26N4O4S/c1-16-12-17(2)24(18(3)13-16)34(32,33)29-21-10-5-4-9-20(21)28-25(31)22(29)14-23(30)27-15-19-8-6-7-11-26-19/h4-13,22H,14-15H2,1-3H3,(H,27,30)(H,28,31). The number of pyridine rings is 1. The fourth-order valence-corrected chi connectivity index (χ4v) is 6.40. The van der Waals surface area contributed by atoms with Crippen LogP contribution < -0.4 is 14.9 Å². The lowest BCUT2D eigenvalue weighted by Crippen LogP contribution is -2.53. The first kappa shape index (κ1) is 23.4. The number of benzene rings is 2. The van der Waals surface area contributed by atoms with Crippen LogP contribution >= 0.6 is 0 Å². The summed E-state index contributed by atoms with van der Waals surface area (Å²) >= 11 is 0. The number of sulfonamides is 1. The van der Waals surface area contributed by atoms with Gasteiger partial charge in [-0.1, -0.05) is 35.9 Å². The van der Waals surface area contributed by atoms with E-state index in [2.05, 4.69) is 15.6 Å². The SMILES string of the molecule is Cc1cc(C)c(S(=O)(=O)N2c3ccccc3NC(=O)C2CC(=O)NCc2ccccn2)c(C)c1. The van der Waals surface area contributed by atoms with E-state index in [0.29, 0.717) is 28.2 Å². The van der Waals surface area contributed by atoms with Crippen molar-refractivity contribution in [1.29, 1.82) is 0 Å². The molecule has 176 valence electrons. The smallest absolute Gasteiger partial charge is 0.265 e. The minimum atomic E-state index is -4.17. The molecular weight excluding hydrogens is 452 g/mol. The number of carbonyl (C=O) groups excluding carboxylic acids is 2. The molecule has 8 nitrogen and oxygen atoms in total. The van der Waals surface area contributed by atoms with E-state index in [1.54, 1.807) is 74.6 Å². The molecule has 0 aliphatic carbocycles. The molecule has 3 aromatic rings. The second-order valence-corrected chi connectivity index (χ2v) is 10.1. The number of aromatic nitrogens is 1. The maximum atomic E-state index is 14.0. The van der Waals surface area contributed by atoms with Gasteiger partial charge in [0.05, 0.1) is 34.9 Å². The minimum Gasteiger partial charge on any atom is -0.350 e. The van der Waals surface area contributed by atoms with Crippen molar-refractivity contribution in [3.8, 4) is 0 Å². The largest absolute Gasteiger partial charge is 0.350 e. The van der Waals surface area contributed by atoms with Gasteiger partial charge in [-0.25, -0.2) is 8.42 Å². The molecule has 0 saturated carbocycles. The number of amides is 2. The highest BCUT2D eigenvalue weighted by Gasteiger charge is 2.42. The zero-order valence-electron chi connectivity index (χ0n) is 19.2. The molecule has 1 aliphatic rings. The van der Waals surface area contributed by atoms with E-state index in [-0.39, 0.29) is 17.9 Å². The highest BCUT2D eigenvalue weighted by molar-refractivity contribution is 7.93. The molecular formula is C25H26N4O4S. The Kier molecular flexibility index (Phi) is 6.39. The lowest BCUT2D eigenvalue weighted by atomic mass is 10.1. The molecule has 1 unspecified atom stereocenters. The average Bonchev–Trinajstić information content (AvgIpc) is 2.77. The quantitative estimate of drug-likeness (QED) is 0.566. The maximum Gasteiger partial charge on any atom is 0.265 e. The van der Waals surface area contributed by atoms with Crippen molar-refractivity contribution in [3.63, 3.8) is 0 Å². The second kappa shape index (κ2) is 9.26. The van der Waals surface area contributed by atoms with Crippen molar-refractivity contribution >= 4 is 33.2 Å². The van der Waals surface area contributed by atoms with Gasteiger partial charge in [-0.2, -0.15) is 0 Å². The first-order chi connectivity index (χ1) is 16.2. The van der Waals surface area contributed by atoms with E-state index in [4.69, 9.17) is 0 Å². The van der Waals surface area contributed by atoms with Gasteiger partial charge in [-0.05, 0) is 56.2 Å².